The number of rotatable bonds is 6. The van der Waals surface area contributed by atoms with Crippen molar-refractivity contribution in [2.75, 3.05) is 46.3 Å². The Hall–Kier alpha value is -1.92. The topological polar surface area (TPSA) is 64.1 Å². The zero-order valence-electron chi connectivity index (χ0n) is 17.1. The van der Waals surface area contributed by atoms with Gasteiger partial charge in [-0.3, -0.25) is 14.5 Å². The molecular formula is C22H33N3O3. The van der Waals surface area contributed by atoms with Crippen molar-refractivity contribution in [3.8, 4) is 0 Å². The summed E-state index contributed by atoms with van der Waals surface area (Å²) in [6.45, 7) is 7.66. The number of likely N-dealkylation sites (N-methyl/N-ethyl adjacent to an activating group) is 1. The van der Waals surface area contributed by atoms with Gasteiger partial charge in [0.1, 0.15) is 0 Å². The third-order valence-electron chi connectivity index (χ3n) is 6.26. The van der Waals surface area contributed by atoms with Crippen LogP contribution in [0.1, 0.15) is 30.4 Å². The minimum Gasteiger partial charge on any atom is -0.481 e. The summed E-state index contributed by atoms with van der Waals surface area (Å²) in [5.74, 6) is -0.364. The molecule has 3 rings (SSSR count). The molecule has 0 unspecified atom stereocenters. The van der Waals surface area contributed by atoms with Gasteiger partial charge in [0.2, 0.25) is 5.91 Å². The Bertz CT molecular complexity index is 668. The van der Waals surface area contributed by atoms with Gasteiger partial charge in [0, 0.05) is 51.7 Å². The zero-order valence-corrected chi connectivity index (χ0v) is 17.1. The molecule has 0 aliphatic carbocycles. The highest BCUT2D eigenvalue weighted by molar-refractivity contribution is 5.79. The van der Waals surface area contributed by atoms with E-state index >= 15 is 0 Å². The largest absolute Gasteiger partial charge is 0.481 e. The van der Waals surface area contributed by atoms with Gasteiger partial charge in [-0.25, -0.2) is 0 Å². The maximum atomic E-state index is 12.9. The lowest BCUT2D eigenvalue weighted by molar-refractivity contribution is -0.137. The van der Waals surface area contributed by atoms with Crippen LogP contribution in [0.2, 0.25) is 0 Å². The van der Waals surface area contributed by atoms with Crippen molar-refractivity contribution in [2.24, 2.45) is 5.92 Å². The van der Waals surface area contributed by atoms with Gasteiger partial charge in [0.15, 0.2) is 0 Å². The predicted octanol–water partition coefficient (Wildman–Crippen LogP) is 1.87. The van der Waals surface area contributed by atoms with E-state index in [1.165, 1.54) is 5.56 Å². The Balaban J connectivity index is 1.63. The highest BCUT2D eigenvalue weighted by atomic mass is 16.4. The lowest BCUT2D eigenvalue weighted by Gasteiger charge is -2.46. The van der Waals surface area contributed by atoms with Crippen LogP contribution >= 0.6 is 0 Å². The SMILES string of the molecule is Cc1ccc(CC(=O)N2CC[C@@H](N3CCN(C)CC3)[C@@H](CCC(=O)O)C2)cc1. The zero-order chi connectivity index (χ0) is 20.1. The molecule has 0 saturated carbocycles. The average molecular weight is 388 g/mol. The highest BCUT2D eigenvalue weighted by Crippen LogP contribution is 2.27. The van der Waals surface area contributed by atoms with Gasteiger partial charge in [-0.2, -0.15) is 0 Å². The average Bonchev–Trinajstić information content (AvgIpc) is 2.68. The Morgan fingerprint density at radius 2 is 1.75 bits per heavy atom. The molecule has 2 aliphatic heterocycles. The van der Waals surface area contributed by atoms with Crippen LogP contribution in [0, 0.1) is 12.8 Å². The molecule has 0 radical (unpaired) electrons. The maximum Gasteiger partial charge on any atom is 0.303 e. The van der Waals surface area contributed by atoms with Crippen molar-refractivity contribution < 1.29 is 14.7 Å². The van der Waals surface area contributed by atoms with Crippen LogP contribution in [0.3, 0.4) is 0 Å². The summed E-state index contributed by atoms with van der Waals surface area (Å²) in [7, 11) is 2.14. The Morgan fingerprint density at radius 3 is 2.39 bits per heavy atom. The molecule has 1 aromatic carbocycles. The molecule has 2 fully saturated rings. The number of aryl methyl sites for hydroxylation is 1. The number of hydrogen-bond donors (Lipinski definition) is 1. The molecule has 1 amide bonds. The summed E-state index contributed by atoms with van der Waals surface area (Å²) in [6.07, 6.45) is 2.17. The minimum absolute atomic E-state index is 0.154. The Labute approximate surface area is 168 Å². The smallest absolute Gasteiger partial charge is 0.303 e. The first-order chi connectivity index (χ1) is 13.4. The van der Waals surface area contributed by atoms with Crippen molar-refractivity contribution in [2.45, 2.75) is 38.6 Å². The molecule has 1 N–H and O–H groups in total. The second-order valence-electron chi connectivity index (χ2n) is 8.39. The van der Waals surface area contributed by atoms with E-state index in [-0.39, 0.29) is 18.2 Å². The maximum absolute atomic E-state index is 12.9. The van der Waals surface area contributed by atoms with Crippen molar-refractivity contribution >= 4 is 11.9 Å². The molecule has 28 heavy (non-hydrogen) atoms. The first-order valence-corrected chi connectivity index (χ1v) is 10.4. The predicted molar refractivity (Wildman–Crippen MR) is 109 cm³/mol. The van der Waals surface area contributed by atoms with Gasteiger partial charge in [-0.1, -0.05) is 29.8 Å². The standard InChI is InChI=1S/C22H33N3O3/c1-17-3-5-18(6-4-17)15-21(26)25-10-9-20(19(16-25)7-8-22(27)28)24-13-11-23(2)12-14-24/h3-6,19-20H,7-16H2,1-2H3,(H,27,28)/t19-,20+/m0/s1. The minimum atomic E-state index is -0.750. The lowest BCUT2D eigenvalue weighted by Crippen LogP contribution is -2.57. The number of carbonyl (C=O) groups is 2. The van der Waals surface area contributed by atoms with Crippen LogP contribution in [0.25, 0.3) is 0 Å². The van der Waals surface area contributed by atoms with Crippen LogP contribution in [-0.2, 0) is 16.0 Å². The molecule has 2 heterocycles. The second-order valence-corrected chi connectivity index (χ2v) is 8.39. The van der Waals surface area contributed by atoms with E-state index in [4.69, 9.17) is 5.11 Å². The number of carboxylic acids is 1. The van der Waals surface area contributed by atoms with E-state index in [9.17, 15) is 9.59 Å². The molecule has 2 atom stereocenters. The van der Waals surface area contributed by atoms with E-state index in [0.717, 1.165) is 44.7 Å². The second kappa shape index (κ2) is 9.52. The van der Waals surface area contributed by atoms with E-state index < -0.39 is 5.97 Å². The van der Waals surface area contributed by atoms with Crippen molar-refractivity contribution in [1.82, 2.24) is 14.7 Å². The fraction of sp³-hybridized carbons (Fsp3) is 0.636. The van der Waals surface area contributed by atoms with Crippen LogP contribution < -0.4 is 0 Å². The molecule has 6 nitrogen and oxygen atoms in total. The monoisotopic (exact) mass is 387 g/mol. The normalized spacial score (nSPS) is 24.3. The van der Waals surface area contributed by atoms with Crippen LogP contribution in [0.5, 0.6) is 0 Å². The summed E-state index contributed by atoms with van der Waals surface area (Å²) in [5, 5.41) is 9.17. The molecule has 6 heteroatoms. The number of carbonyl (C=O) groups excluding carboxylic acids is 1. The van der Waals surface area contributed by atoms with Gasteiger partial charge in [0.25, 0.3) is 0 Å². The summed E-state index contributed by atoms with van der Waals surface area (Å²) in [6, 6.07) is 8.50. The van der Waals surface area contributed by atoms with Gasteiger partial charge >= 0.3 is 5.97 Å². The fourth-order valence-corrected chi connectivity index (χ4v) is 4.47. The molecule has 0 aromatic heterocycles. The van der Waals surface area contributed by atoms with E-state index in [2.05, 4.69) is 16.8 Å². The highest BCUT2D eigenvalue weighted by Gasteiger charge is 2.35. The summed E-state index contributed by atoms with van der Waals surface area (Å²) >= 11 is 0. The lowest BCUT2D eigenvalue weighted by atomic mass is 9.86. The third kappa shape index (κ3) is 5.55. The molecule has 1 aromatic rings. The number of piperazine rings is 1. The van der Waals surface area contributed by atoms with Crippen LogP contribution in [0.4, 0.5) is 0 Å². The van der Waals surface area contributed by atoms with Crippen molar-refractivity contribution in [3.63, 3.8) is 0 Å². The van der Waals surface area contributed by atoms with Gasteiger partial charge in [-0.15, -0.1) is 0 Å². The van der Waals surface area contributed by atoms with E-state index in [0.29, 0.717) is 25.4 Å². The molecule has 2 aliphatic rings. The quantitative estimate of drug-likeness (QED) is 0.807. The first kappa shape index (κ1) is 20.8. The van der Waals surface area contributed by atoms with Gasteiger partial charge in [-0.05, 0) is 38.3 Å². The number of aliphatic carboxylic acids is 1. The number of likely N-dealkylation sites (tertiary alicyclic amines) is 1. The molecule has 154 valence electrons. The summed E-state index contributed by atoms with van der Waals surface area (Å²) < 4.78 is 0. The van der Waals surface area contributed by atoms with Crippen LogP contribution in [0.15, 0.2) is 24.3 Å². The van der Waals surface area contributed by atoms with Crippen molar-refractivity contribution in [3.05, 3.63) is 35.4 Å². The number of benzene rings is 1. The van der Waals surface area contributed by atoms with E-state index in [1.54, 1.807) is 0 Å². The van der Waals surface area contributed by atoms with Crippen molar-refractivity contribution in [1.29, 1.82) is 0 Å². The Kier molecular flexibility index (Phi) is 7.08. The van der Waals surface area contributed by atoms with Gasteiger partial charge < -0.3 is 14.9 Å². The third-order valence-corrected chi connectivity index (χ3v) is 6.26. The van der Waals surface area contributed by atoms with Crippen LogP contribution in [-0.4, -0.2) is 84.0 Å². The number of piperidine rings is 1. The Morgan fingerprint density at radius 1 is 1.07 bits per heavy atom. The first-order valence-electron chi connectivity index (χ1n) is 10.4. The summed E-state index contributed by atoms with van der Waals surface area (Å²) in [4.78, 5) is 30.8. The molecule has 0 bridgehead atoms. The summed E-state index contributed by atoms with van der Waals surface area (Å²) in [5.41, 5.74) is 2.23. The molecule has 2 saturated heterocycles. The van der Waals surface area contributed by atoms with E-state index in [1.807, 2.05) is 36.1 Å². The molecular weight excluding hydrogens is 354 g/mol. The fourth-order valence-electron chi connectivity index (χ4n) is 4.47. The number of amides is 1. The number of carboxylic acid groups (broad SMARTS) is 1. The molecule has 0 spiro atoms. The van der Waals surface area contributed by atoms with Gasteiger partial charge in [0.05, 0.1) is 6.42 Å². The number of hydrogen-bond acceptors (Lipinski definition) is 4. The number of nitrogens with zero attached hydrogens (tertiary/aromatic N) is 3.